The van der Waals surface area contributed by atoms with Crippen LogP contribution in [0.1, 0.15) is 5.56 Å². The van der Waals surface area contributed by atoms with Gasteiger partial charge in [0.1, 0.15) is 5.75 Å². The van der Waals surface area contributed by atoms with Gasteiger partial charge in [-0.15, -0.1) is 0 Å². The van der Waals surface area contributed by atoms with Gasteiger partial charge in [-0.25, -0.2) is 0 Å². The van der Waals surface area contributed by atoms with Gasteiger partial charge in [-0.05, 0) is 71.1 Å². The normalized spacial score (nSPS) is 9.60. The van der Waals surface area contributed by atoms with E-state index in [1.165, 1.54) is 0 Å². The Bertz CT molecular complexity index is 630. The maximum atomic E-state index is 11.7. The highest BCUT2D eigenvalue weighted by Gasteiger charge is 2.03. The third-order valence-electron chi connectivity index (χ3n) is 2.48. The molecular weight excluding hydrogens is 367 g/mol. The van der Waals surface area contributed by atoms with Crippen LogP contribution in [-0.4, -0.2) is 12.5 Å². The molecule has 0 saturated heterocycles. The van der Waals surface area contributed by atoms with Crippen molar-refractivity contribution in [2.75, 3.05) is 11.9 Å². The zero-order valence-electron chi connectivity index (χ0n) is 10.5. The summed E-state index contributed by atoms with van der Waals surface area (Å²) in [6.45, 7) is -0.0550. The lowest BCUT2D eigenvalue weighted by Gasteiger charge is -2.07. The number of nitrogens with one attached hydrogen (secondary N) is 1. The maximum absolute atomic E-state index is 11.7. The fraction of sp³-hybridized carbons (Fsp3) is 0.0667. The highest BCUT2D eigenvalue weighted by Crippen LogP contribution is 2.13. The van der Waals surface area contributed by atoms with E-state index >= 15 is 0 Å². The number of carbonyl (C=O) groups is 1. The lowest BCUT2D eigenvalue weighted by Crippen LogP contribution is -2.20. The Hall–Kier alpha value is -2.07. The summed E-state index contributed by atoms with van der Waals surface area (Å²) in [5.41, 5.74) is 1.19. The number of amides is 1. The molecule has 0 bridgehead atoms. The lowest BCUT2D eigenvalue weighted by atomic mass is 10.2. The Labute approximate surface area is 130 Å². The molecule has 20 heavy (non-hydrogen) atoms. The van der Waals surface area contributed by atoms with Gasteiger partial charge in [-0.3, -0.25) is 4.79 Å². The molecule has 1 amide bonds. The quantitative estimate of drug-likeness (QED) is 0.832. The van der Waals surface area contributed by atoms with Gasteiger partial charge >= 0.3 is 0 Å². The predicted octanol–water partition coefficient (Wildman–Crippen LogP) is 3.18. The minimum atomic E-state index is -0.242. The van der Waals surface area contributed by atoms with Crippen molar-refractivity contribution in [3.8, 4) is 11.8 Å². The summed E-state index contributed by atoms with van der Waals surface area (Å²) in [5, 5.41) is 11.4. The van der Waals surface area contributed by atoms with E-state index < -0.39 is 0 Å². The van der Waals surface area contributed by atoms with Gasteiger partial charge in [-0.2, -0.15) is 5.26 Å². The van der Waals surface area contributed by atoms with Crippen LogP contribution in [0.25, 0.3) is 0 Å². The van der Waals surface area contributed by atoms with Gasteiger partial charge in [0.25, 0.3) is 5.91 Å². The predicted molar refractivity (Wildman–Crippen MR) is 84.4 cm³/mol. The first-order valence-electron chi connectivity index (χ1n) is 5.86. The molecule has 0 heterocycles. The van der Waals surface area contributed by atoms with Crippen LogP contribution < -0.4 is 10.1 Å². The Morgan fingerprint density at radius 1 is 1.15 bits per heavy atom. The molecule has 0 spiro atoms. The maximum Gasteiger partial charge on any atom is 0.262 e. The van der Waals surface area contributed by atoms with E-state index in [2.05, 4.69) is 27.9 Å². The van der Waals surface area contributed by atoms with Crippen molar-refractivity contribution < 1.29 is 9.53 Å². The molecule has 5 heteroatoms. The van der Waals surface area contributed by atoms with Crippen molar-refractivity contribution >= 4 is 34.2 Å². The highest BCUT2D eigenvalue weighted by molar-refractivity contribution is 14.1. The summed E-state index contributed by atoms with van der Waals surface area (Å²) in [6, 6.07) is 16.1. The minimum Gasteiger partial charge on any atom is -0.484 e. The van der Waals surface area contributed by atoms with Gasteiger partial charge in [-0.1, -0.05) is 0 Å². The van der Waals surface area contributed by atoms with Crippen LogP contribution in [0.4, 0.5) is 5.69 Å². The van der Waals surface area contributed by atoms with Crippen molar-refractivity contribution in [1.29, 1.82) is 5.26 Å². The molecular formula is C15H11IN2O2. The standard InChI is InChI=1S/C15H11IN2O2/c16-12-3-7-14(8-4-12)20-10-15(19)18-13-5-1-11(9-17)2-6-13/h1-8H,10H2,(H,18,19). The second kappa shape index (κ2) is 6.91. The number of hydrogen-bond donors (Lipinski definition) is 1. The Kier molecular flexibility index (Phi) is 4.96. The van der Waals surface area contributed by atoms with E-state index in [4.69, 9.17) is 10.00 Å². The second-order valence-corrected chi connectivity index (χ2v) is 5.23. The SMILES string of the molecule is N#Cc1ccc(NC(=O)COc2ccc(I)cc2)cc1. The molecule has 0 fully saturated rings. The molecule has 2 aromatic carbocycles. The molecule has 0 atom stereocenters. The summed E-state index contributed by atoms with van der Waals surface area (Å²) in [7, 11) is 0. The van der Waals surface area contributed by atoms with E-state index in [9.17, 15) is 4.79 Å². The number of benzene rings is 2. The van der Waals surface area contributed by atoms with Gasteiger partial charge in [0.15, 0.2) is 6.61 Å². The van der Waals surface area contributed by atoms with Crippen LogP contribution in [0.5, 0.6) is 5.75 Å². The van der Waals surface area contributed by atoms with Crippen LogP contribution in [0.2, 0.25) is 0 Å². The molecule has 0 aliphatic rings. The smallest absolute Gasteiger partial charge is 0.262 e. The Morgan fingerprint density at radius 3 is 2.40 bits per heavy atom. The fourth-order valence-electron chi connectivity index (χ4n) is 1.50. The molecule has 1 N–H and O–H groups in total. The molecule has 100 valence electrons. The van der Waals surface area contributed by atoms with E-state index in [-0.39, 0.29) is 12.5 Å². The number of nitriles is 1. The summed E-state index contributed by atoms with van der Waals surface area (Å²) in [6.07, 6.45) is 0. The fourth-order valence-corrected chi connectivity index (χ4v) is 1.86. The first-order chi connectivity index (χ1) is 9.67. The van der Waals surface area contributed by atoms with Gasteiger partial charge < -0.3 is 10.1 Å². The summed E-state index contributed by atoms with van der Waals surface area (Å²) in [5.74, 6) is 0.411. The van der Waals surface area contributed by atoms with Crippen molar-refractivity contribution in [2.45, 2.75) is 0 Å². The zero-order chi connectivity index (χ0) is 14.4. The number of rotatable bonds is 4. The molecule has 4 nitrogen and oxygen atoms in total. The topological polar surface area (TPSA) is 62.1 Å². The van der Waals surface area contributed by atoms with Crippen LogP contribution >= 0.6 is 22.6 Å². The van der Waals surface area contributed by atoms with Crippen LogP contribution in [-0.2, 0) is 4.79 Å². The summed E-state index contributed by atoms with van der Waals surface area (Å²) in [4.78, 5) is 11.7. The number of halogens is 1. The van der Waals surface area contributed by atoms with E-state index in [0.717, 1.165) is 3.57 Å². The second-order valence-electron chi connectivity index (χ2n) is 3.98. The third-order valence-corrected chi connectivity index (χ3v) is 3.20. The zero-order valence-corrected chi connectivity index (χ0v) is 12.6. The van der Waals surface area contributed by atoms with Crippen LogP contribution in [0.15, 0.2) is 48.5 Å². The van der Waals surface area contributed by atoms with Gasteiger partial charge in [0.2, 0.25) is 0 Å². The molecule has 0 unspecified atom stereocenters. The van der Waals surface area contributed by atoms with Crippen LogP contribution in [0.3, 0.4) is 0 Å². The Balaban J connectivity index is 1.86. The third kappa shape index (κ3) is 4.24. The number of ether oxygens (including phenoxy) is 1. The largest absolute Gasteiger partial charge is 0.484 e. The average Bonchev–Trinajstić information content (AvgIpc) is 2.47. The number of nitrogens with zero attached hydrogens (tertiary/aromatic N) is 1. The summed E-state index contributed by atoms with van der Waals surface area (Å²) >= 11 is 2.20. The molecule has 0 aliphatic carbocycles. The average molecular weight is 378 g/mol. The lowest BCUT2D eigenvalue weighted by molar-refractivity contribution is -0.118. The van der Waals surface area contributed by atoms with Crippen molar-refractivity contribution in [2.24, 2.45) is 0 Å². The summed E-state index contributed by atoms with van der Waals surface area (Å²) < 4.78 is 6.48. The van der Waals surface area contributed by atoms with Crippen molar-refractivity contribution in [1.82, 2.24) is 0 Å². The number of hydrogen-bond acceptors (Lipinski definition) is 3. The molecule has 0 radical (unpaired) electrons. The Morgan fingerprint density at radius 2 is 1.80 bits per heavy atom. The van der Waals surface area contributed by atoms with Crippen molar-refractivity contribution in [3.05, 3.63) is 57.7 Å². The molecule has 0 aliphatic heterocycles. The molecule has 2 aromatic rings. The molecule has 0 aromatic heterocycles. The number of anilines is 1. The van der Waals surface area contributed by atoms with E-state index in [1.54, 1.807) is 24.3 Å². The van der Waals surface area contributed by atoms with Gasteiger partial charge in [0.05, 0.1) is 11.6 Å². The van der Waals surface area contributed by atoms with Crippen LogP contribution in [0, 0.1) is 14.9 Å². The molecule has 0 saturated carbocycles. The van der Waals surface area contributed by atoms with E-state index in [0.29, 0.717) is 17.0 Å². The minimum absolute atomic E-state index is 0.0550. The van der Waals surface area contributed by atoms with Gasteiger partial charge in [0, 0.05) is 9.26 Å². The van der Waals surface area contributed by atoms with Crippen molar-refractivity contribution in [3.63, 3.8) is 0 Å². The first-order valence-corrected chi connectivity index (χ1v) is 6.93. The number of carbonyl (C=O) groups excluding carboxylic acids is 1. The molecule has 2 rings (SSSR count). The van der Waals surface area contributed by atoms with E-state index in [1.807, 2.05) is 30.3 Å². The highest BCUT2D eigenvalue weighted by atomic mass is 127. The first kappa shape index (κ1) is 14.3. The monoisotopic (exact) mass is 378 g/mol.